The van der Waals surface area contributed by atoms with E-state index in [9.17, 15) is 14.4 Å². The number of amides is 2. The van der Waals surface area contributed by atoms with Gasteiger partial charge in [0.15, 0.2) is 5.12 Å². The lowest BCUT2D eigenvalue weighted by Gasteiger charge is -2.23. The lowest BCUT2D eigenvalue weighted by molar-refractivity contribution is -0.118. The Bertz CT molecular complexity index is 657. The van der Waals surface area contributed by atoms with Gasteiger partial charge < -0.3 is 15.4 Å². The van der Waals surface area contributed by atoms with Crippen LogP contribution in [-0.4, -0.2) is 34.5 Å². The van der Waals surface area contributed by atoms with Gasteiger partial charge in [0.1, 0.15) is 11.6 Å². The molecule has 0 saturated heterocycles. The van der Waals surface area contributed by atoms with Crippen molar-refractivity contribution < 1.29 is 19.1 Å². The van der Waals surface area contributed by atoms with Gasteiger partial charge in [-0.2, -0.15) is 0 Å². The zero-order chi connectivity index (χ0) is 21.9. The first-order valence-corrected chi connectivity index (χ1v) is 11.1. The van der Waals surface area contributed by atoms with E-state index in [1.807, 2.05) is 32.0 Å². The molecule has 0 aliphatic rings. The van der Waals surface area contributed by atoms with Gasteiger partial charge in [0.2, 0.25) is 5.91 Å². The Hall–Kier alpha value is -2.02. The fraction of sp³-hybridized carbons (Fsp3) is 0.591. The maximum atomic E-state index is 12.7. The molecule has 0 fully saturated rings. The lowest BCUT2D eigenvalue weighted by atomic mass is 10.1. The fourth-order valence-corrected chi connectivity index (χ4v) is 3.32. The summed E-state index contributed by atoms with van der Waals surface area (Å²) in [5, 5.41) is 5.72. The van der Waals surface area contributed by atoms with E-state index < -0.39 is 17.7 Å². The third-order valence-electron chi connectivity index (χ3n) is 3.90. The minimum Gasteiger partial charge on any atom is -0.444 e. The predicted octanol–water partition coefficient (Wildman–Crippen LogP) is 4.99. The van der Waals surface area contributed by atoms with Crippen LogP contribution in [0.3, 0.4) is 0 Å². The summed E-state index contributed by atoms with van der Waals surface area (Å²) >= 11 is 1.36. The van der Waals surface area contributed by atoms with Crippen LogP contribution in [0.25, 0.3) is 0 Å². The first-order chi connectivity index (χ1) is 13.6. The van der Waals surface area contributed by atoms with Gasteiger partial charge in [-0.3, -0.25) is 9.59 Å². The molecule has 0 bridgehead atoms. The first kappa shape index (κ1) is 25.0. The molecule has 0 unspecified atom stereocenters. The third-order valence-corrected chi connectivity index (χ3v) is 5.15. The van der Waals surface area contributed by atoms with E-state index in [0.29, 0.717) is 12.1 Å². The molecule has 162 valence electrons. The van der Waals surface area contributed by atoms with Crippen molar-refractivity contribution in [2.45, 2.75) is 71.9 Å². The van der Waals surface area contributed by atoms with E-state index in [1.165, 1.54) is 11.8 Å². The van der Waals surface area contributed by atoms with Crippen molar-refractivity contribution in [2.24, 2.45) is 5.92 Å². The van der Waals surface area contributed by atoms with E-state index in [2.05, 4.69) is 10.6 Å². The Balaban J connectivity index is 2.54. The molecule has 0 aliphatic carbocycles. The Morgan fingerprint density at radius 2 is 1.69 bits per heavy atom. The molecule has 0 saturated carbocycles. The summed E-state index contributed by atoms with van der Waals surface area (Å²) in [6.07, 6.45) is 2.43. The second-order valence-electron chi connectivity index (χ2n) is 8.23. The molecule has 1 aromatic carbocycles. The lowest BCUT2D eigenvalue weighted by Crippen LogP contribution is -2.45. The zero-order valence-electron chi connectivity index (χ0n) is 18.1. The third kappa shape index (κ3) is 11.5. The van der Waals surface area contributed by atoms with Crippen molar-refractivity contribution in [2.75, 3.05) is 11.1 Å². The number of carbonyl (C=O) groups is 3. The van der Waals surface area contributed by atoms with Crippen molar-refractivity contribution in [3.8, 4) is 0 Å². The highest BCUT2D eigenvalue weighted by molar-refractivity contribution is 8.13. The average molecular weight is 423 g/mol. The molecule has 2 amide bonds. The molecule has 0 aliphatic heterocycles. The minimum atomic E-state index is -0.685. The molecule has 1 aromatic rings. The van der Waals surface area contributed by atoms with Crippen LogP contribution in [0, 0.1) is 5.92 Å². The van der Waals surface area contributed by atoms with E-state index >= 15 is 0 Å². The van der Waals surface area contributed by atoms with Gasteiger partial charge in [-0.1, -0.05) is 56.7 Å². The maximum Gasteiger partial charge on any atom is 0.408 e. The standard InChI is InChI=1S/C22H34N2O4S/c1-16(2)20(26)29-15-11-7-10-14-18(24-21(27)28-22(3,4)5)19(25)23-17-12-8-6-9-13-17/h6,8-9,12-13,16,18H,7,10-11,14-15H2,1-5H3,(H,23,25)(H,24,27)/t18-/m0/s1. The van der Waals surface area contributed by atoms with E-state index in [-0.39, 0.29) is 16.9 Å². The summed E-state index contributed by atoms with van der Waals surface area (Å²) < 4.78 is 5.29. The molecule has 7 heteroatoms. The van der Waals surface area contributed by atoms with E-state index in [0.717, 1.165) is 25.0 Å². The van der Waals surface area contributed by atoms with Crippen LogP contribution >= 0.6 is 11.8 Å². The molecule has 29 heavy (non-hydrogen) atoms. The molecular formula is C22H34N2O4S. The molecule has 1 atom stereocenters. The molecule has 0 heterocycles. The molecule has 6 nitrogen and oxygen atoms in total. The summed E-state index contributed by atoms with van der Waals surface area (Å²) in [4.78, 5) is 36.4. The van der Waals surface area contributed by atoms with Gasteiger partial charge >= 0.3 is 6.09 Å². The van der Waals surface area contributed by atoms with Gasteiger partial charge in [-0.25, -0.2) is 4.79 Å². The van der Waals surface area contributed by atoms with Gasteiger partial charge in [-0.15, -0.1) is 0 Å². The summed E-state index contributed by atoms with van der Waals surface area (Å²) in [5.74, 6) is 0.549. The van der Waals surface area contributed by atoms with E-state index in [4.69, 9.17) is 4.74 Å². The highest BCUT2D eigenvalue weighted by atomic mass is 32.2. The summed E-state index contributed by atoms with van der Waals surface area (Å²) in [7, 11) is 0. The number of thioether (sulfide) groups is 1. The van der Waals surface area contributed by atoms with Crippen LogP contribution in [0.2, 0.25) is 0 Å². The van der Waals surface area contributed by atoms with Crippen LogP contribution in [0.4, 0.5) is 10.5 Å². The first-order valence-electron chi connectivity index (χ1n) is 10.1. The Morgan fingerprint density at radius 3 is 2.28 bits per heavy atom. The predicted molar refractivity (Wildman–Crippen MR) is 119 cm³/mol. The van der Waals surface area contributed by atoms with Crippen molar-refractivity contribution in [3.63, 3.8) is 0 Å². The van der Waals surface area contributed by atoms with Crippen LogP contribution in [-0.2, 0) is 14.3 Å². The van der Waals surface area contributed by atoms with Gasteiger partial charge in [0.05, 0.1) is 0 Å². The SMILES string of the molecule is CC(C)C(=O)SCCCCC[C@H](NC(=O)OC(C)(C)C)C(=O)Nc1ccccc1. The second-order valence-corrected chi connectivity index (χ2v) is 9.32. The number of anilines is 1. The van der Waals surface area contributed by atoms with E-state index in [1.54, 1.807) is 32.9 Å². The fourth-order valence-electron chi connectivity index (χ4n) is 2.44. The smallest absolute Gasteiger partial charge is 0.408 e. The Labute approximate surface area is 178 Å². The summed E-state index contributed by atoms with van der Waals surface area (Å²) in [5.41, 5.74) is 0.0436. The van der Waals surface area contributed by atoms with Crippen molar-refractivity contribution in [3.05, 3.63) is 30.3 Å². The van der Waals surface area contributed by atoms with Crippen molar-refractivity contribution in [1.82, 2.24) is 5.32 Å². The topological polar surface area (TPSA) is 84.5 Å². The monoisotopic (exact) mass is 422 g/mol. The number of carbonyl (C=O) groups excluding carboxylic acids is 3. The number of rotatable bonds is 10. The second kappa shape index (κ2) is 12.5. The highest BCUT2D eigenvalue weighted by Gasteiger charge is 2.24. The number of unbranched alkanes of at least 4 members (excludes halogenated alkanes) is 2. The highest BCUT2D eigenvalue weighted by Crippen LogP contribution is 2.15. The average Bonchev–Trinajstić information content (AvgIpc) is 2.62. The largest absolute Gasteiger partial charge is 0.444 e. The van der Waals surface area contributed by atoms with Crippen LogP contribution in [0.1, 0.15) is 60.3 Å². The normalized spacial score (nSPS) is 12.3. The number of ether oxygens (including phenoxy) is 1. The number of hydrogen-bond acceptors (Lipinski definition) is 5. The maximum absolute atomic E-state index is 12.7. The molecule has 2 N–H and O–H groups in total. The van der Waals surface area contributed by atoms with Crippen LogP contribution in [0.5, 0.6) is 0 Å². The summed E-state index contributed by atoms with van der Waals surface area (Å²) in [6.45, 7) is 9.13. The number of nitrogens with one attached hydrogen (secondary N) is 2. The zero-order valence-corrected chi connectivity index (χ0v) is 18.9. The van der Waals surface area contributed by atoms with Gasteiger partial charge in [-0.05, 0) is 45.7 Å². The minimum absolute atomic E-state index is 0.0455. The van der Waals surface area contributed by atoms with Crippen molar-refractivity contribution in [1.29, 1.82) is 0 Å². The number of alkyl carbamates (subject to hydrolysis) is 1. The molecular weight excluding hydrogens is 388 g/mol. The molecule has 0 aromatic heterocycles. The number of benzene rings is 1. The Morgan fingerprint density at radius 1 is 1.03 bits per heavy atom. The Kier molecular flexibility index (Phi) is 10.8. The number of hydrogen-bond donors (Lipinski definition) is 2. The molecule has 1 rings (SSSR count). The summed E-state index contributed by atoms with van der Waals surface area (Å²) in [6, 6.07) is 8.45. The molecule has 0 radical (unpaired) electrons. The number of para-hydroxylation sites is 1. The quantitative estimate of drug-likeness (QED) is 0.519. The van der Waals surface area contributed by atoms with Crippen molar-refractivity contribution >= 4 is 34.6 Å². The van der Waals surface area contributed by atoms with Gasteiger partial charge in [0, 0.05) is 17.4 Å². The van der Waals surface area contributed by atoms with Gasteiger partial charge in [0.25, 0.3) is 0 Å². The molecule has 0 spiro atoms. The van der Waals surface area contributed by atoms with Crippen LogP contribution < -0.4 is 10.6 Å². The van der Waals surface area contributed by atoms with Crippen LogP contribution in [0.15, 0.2) is 30.3 Å².